The quantitative estimate of drug-likeness (QED) is 0.388. The molecule has 0 atom stereocenters. The van der Waals surface area contributed by atoms with Crippen LogP contribution in [0.25, 0.3) is 0 Å². The van der Waals surface area contributed by atoms with Crippen molar-refractivity contribution in [1.29, 1.82) is 0 Å². The summed E-state index contributed by atoms with van der Waals surface area (Å²) in [5.74, 6) is 0. The van der Waals surface area contributed by atoms with Crippen molar-refractivity contribution in [3.63, 3.8) is 0 Å². The summed E-state index contributed by atoms with van der Waals surface area (Å²) in [7, 11) is 13.2. The molecule has 0 saturated heterocycles. The second kappa shape index (κ2) is 4.98. The zero-order valence-corrected chi connectivity index (χ0v) is 16.1. The molecule has 0 spiro atoms. The standard InChI is InChI=1S/C12H27P.2ClH.Pd/c1-10(2,3)13(11(4,5)6)12(7,8)9;;;/h1-9H3;2*1H;/q;;;+1/p-1. The fourth-order valence-corrected chi connectivity index (χ4v) is 38.8. The van der Waals surface area contributed by atoms with Crippen LogP contribution in [0.4, 0.5) is 0 Å². The molecule has 0 amide bonds. The molecule has 0 fully saturated rings. The maximum absolute atomic E-state index is 6.60. The summed E-state index contributed by atoms with van der Waals surface area (Å²) in [4.78, 5) is 0. The van der Waals surface area contributed by atoms with E-state index in [0.29, 0.717) is 0 Å². The normalized spacial score (nSPS) is 17.3. The Balaban J connectivity index is 6.05. The number of hydrogen-bond acceptors (Lipinski definition) is 0. The molecule has 0 nitrogen and oxygen atoms in total. The number of rotatable bonds is 1. The molecule has 0 bridgehead atoms. The van der Waals surface area contributed by atoms with E-state index in [4.69, 9.17) is 19.1 Å². The van der Waals surface area contributed by atoms with Gasteiger partial charge < -0.3 is 0 Å². The minimum atomic E-state index is -1.83. The Morgan fingerprint density at radius 2 is 0.812 bits per heavy atom. The van der Waals surface area contributed by atoms with E-state index in [2.05, 4.69) is 62.3 Å². The van der Waals surface area contributed by atoms with E-state index in [1.807, 2.05) is 0 Å². The molecule has 0 rings (SSSR count). The SMILES string of the molecule is CC(C)(C)[PH]([Pd]([Cl])[Cl])(C(C)(C)C)C(C)(C)C. The van der Waals surface area contributed by atoms with Crippen LogP contribution < -0.4 is 0 Å². The Labute approximate surface area is 116 Å². The minimum absolute atomic E-state index is 0.230. The monoisotopic (exact) mass is 379 g/mol. The van der Waals surface area contributed by atoms with Crippen molar-refractivity contribution in [1.82, 2.24) is 0 Å². The van der Waals surface area contributed by atoms with Gasteiger partial charge in [-0.2, -0.15) is 0 Å². The number of halogens is 2. The van der Waals surface area contributed by atoms with E-state index < -0.39 is 19.7 Å². The van der Waals surface area contributed by atoms with Crippen molar-refractivity contribution in [2.75, 3.05) is 0 Å². The Morgan fingerprint density at radius 1 is 0.625 bits per heavy atom. The van der Waals surface area contributed by atoms with Crippen molar-refractivity contribution in [2.24, 2.45) is 0 Å². The molecule has 0 aromatic rings. The molecule has 0 saturated carbocycles. The summed E-state index contributed by atoms with van der Waals surface area (Å²) < 4.78 is 0. The molecule has 4 heteroatoms. The van der Waals surface area contributed by atoms with Gasteiger partial charge in [-0.25, -0.2) is 0 Å². The van der Waals surface area contributed by atoms with E-state index in [0.717, 1.165) is 0 Å². The van der Waals surface area contributed by atoms with Crippen LogP contribution in [0.5, 0.6) is 0 Å². The van der Waals surface area contributed by atoms with Crippen LogP contribution in [-0.4, -0.2) is 15.5 Å². The summed E-state index contributed by atoms with van der Waals surface area (Å²) in [5, 5.41) is 0.690. The van der Waals surface area contributed by atoms with Gasteiger partial charge in [-0.15, -0.1) is 0 Å². The van der Waals surface area contributed by atoms with Gasteiger partial charge in [-0.1, -0.05) is 0 Å². The first-order valence-electron chi connectivity index (χ1n) is 5.65. The maximum atomic E-state index is 6.60. The molecule has 105 valence electrons. The van der Waals surface area contributed by atoms with Gasteiger partial charge in [0.05, 0.1) is 0 Å². The first-order chi connectivity index (χ1) is 6.69. The zero-order valence-electron chi connectivity index (χ0n) is 12.1. The summed E-state index contributed by atoms with van der Waals surface area (Å²) in [5.41, 5.74) is -1.83. The van der Waals surface area contributed by atoms with Crippen molar-refractivity contribution in [2.45, 2.75) is 77.8 Å². The summed E-state index contributed by atoms with van der Waals surface area (Å²) in [6.07, 6.45) is 0. The molecule has 0 aliphatic rings. The molecule has 0 heterocycles. The van der Waals surface area contributed by atoms with Crippen LogP contribution in [0.2, 0.25) is 0 Å². The predicted octanol–water partition coefficient (Wildman–Crippen LogP) is 5.97. The van der Waals surface area contributed by atoms with Crippen LogP contribution in [0.3, 0.4) is 0 Å². The summed E-state index contributed by atoms with van der Waals surface area (Å²) >= 11 is -1.48. The van der Waals surface area contributed by atoms with Gasteiger partial charge >= 0.3 is 117 Å². The van der Waals surface area contributed by atoms with Gasteiger partial charge in [0.25, 0.3) is 0 Å². The van der Waals surface area contributed by atoms with Crippen LogP contribution in [-0.2, 0) is 14.2 Å². The van der Waals surface area contributed by atoms with Crippen molar-refractivity contribution < 1.29 is 14.2 Å². The van der Waals surface area contributed by atoms with Crippen LogP contribution in [0.15, 0.2) is 0 Å². The van der Waals surface area contributed by atoms with Gasteiger partial charge in [-0.3, -0.25) is 0 Å². The van der Waals surface area contributed by atoms with Crippen molar-refractivity contribution in [3.05, 3.63) is 0 Å². The molecular formula is C12H28Cl2PPd. The van der Waals surface area contributed by atoms with E-state index >= 15 is 0 Å². The fourth-order valence-electron chi connectivity index (χ4n) is 3.91. The molecule has 0 aromatic carbocycles. The molecule has 16 heavy (non-hydrogen) atoms. The Bertz CT molecular complexity index is 207. The van der Waals surface area contributed by atoms with E-state index in [9.17, 15) is 0 Å². The third kappa shape index (κ3) is 2.81. The average molecular weight is 381 g/mol. The van der Waals surface area contributed by atoms with Crippen molar-refractivity contribution >= 4 is 24.5 Å². The molecule has 0 N–H and O–H groups in total. The van der Waals surface area contributed by atoms with Crippen LogP contribution in [0.1, 0.15) is 62.3 Å². The first kappa shape index (κ1) is 17.7. The fraction of sp³-hybridized carbons (Fsp3) is 1.00. The van der Waals surface area contributed by atoms with Gasteiger partial charge in [0, 0.05) is 0 Å². The van der Waals surface area contributed by atoms with E-state index in [1.54, 1.807) is 0 Å². The van der Waals surface area contributed by atoms with Crippen molar-refractivity contribution in [3.8, 4) is 0 Å². The topological polar surface area (TPSA) is 0 Å². The first-order valence-corrected chi connectivity index (χ1v) is 13.8. The van der Waals surface area contributed by atoms with E-state index in [1.165, 1.54) is 0 Å². The zero-order chi connectivity index (χ0) is 13.6. The van der Waals surface area contributed by atoms with Gasteiger partial charge in [0.15, 0.2) is 0 Å². The van der Waals surface area contributed by atoms with Gasteiger partial charge in [0.1, 0.15) is 0 Å². The second-order valence-corrected chi connectivity index (χ2v) is 25.4. The van der Waals surface area contributed by atoms with Gasteiger partial charge in [-0.05, 0) is 0 Å². The second-order valence-electron chi connectivity index (χ2n) is 7.53. The third-order valence-corrected chi connectivity index (χ3v) is 28.9. The van der Waals surface area contributed by atoms with Crippen LogP contribution in [0, 0.1) is 0 Å². The molecule has 0 radical (unpaired) electrons. The molecule has 0 aromatic heterocycles. The number of hydrogen-bond donors (Lipinski definition) is 0. The summed E-state index contributed by atoms with van der Waals surface area (Å²) in [6.45, 7) is 21.0. The van der Waals surface area contributed by atoms with Gasteiger partial charge in [0.2, 0.25) is 0 Å². The predicted molar refractivity (Wildman–Crippen MR) is 79.3 cm³/mol. The Kier molecular flexibility index (Phi) is 5.50. The van der Waals surface area contributed by atoms with E-state index in [-0.39, 0.29) is 15.5 Å². The third-order valence-electron chi connectivity index (χ3n) is 3.14. The molecular weight excluding hydrogens is 352 g/mol. The summed E-state index contributed by atoms with van der Waals surface area (Å²) in [6, 6.07) is 0. The molecule has 0 aliphatic heterocycles. The van der Waals surface area contributed by atoms with Crippen LogP contribution >= 0.6 is 24.5 Å². The Hall–Kier alpha value is 1.67. The average Bonchev–Trinajstić information content (AvgIpc) is 1.71. The molecule has 0 aliphatic carbocycles. The Morgan fingerprint density at radius 3 is 0.812 bits per heavy atom. The molecule has 0 unspecified atom stereocenters.